The zero-order chi connectivity index (χ0) is 26.2. The Kier molecular flexibility index (Phi) is 6.45. The average Bonchev–Trinajstić information content (AvgIpc) is 3.38. The molecule has 0 aliphatic carbocycles. The van der Waals surface area contributed by atoms with Crippen molar-refractivity contribution in [1.29, 1.82) is 0 Å². The lowest BCUT2D eigenvalue weighted by atomic mass is 9.69. The summed E-state index contributed by atoms with van der Waals surface area (Å²) in [7, 11) is 5.30. The number of ether oxygens (including phenoxy) is 4. The minimum atomic E-state index is -1.18. The number of hydrogen-bond acceptors (Lipinski definition) is 10. The third-order valence-electron chi connectivity index (χ3n) is 6.75. The van der Waals surface area contributed by atoms with E-state index in [1.54, 1.807) is 18.0 Å². The minimum absolute atomic E-state index is 0.0176. The highest BCUT2D eigenvalue weighted by Crippen LogP contribution is 2.57. The smallest absolute Gasteiger partial charge is 0.416 e. The van der Waals surface area contributed by atoms with E-state index in [-0.39, 0.29) is 36.6 Å². The molecular weight excluding hydrogens is 470 g/mol. The molecule has 4 rings (SSSR count). The maximum absolute atomic E-state index is 13.3. The van der Waals surface area contributed by atoms with Crippen LogP contribution < -0.4 is 4.90 Å². The lowest BCUT2D eigenvalue weighted by molar-refractivity contribution is -0.144. The first-order chi connectivity index (χ1) is 17.3. The summed E-state index contributed by atoms with van der Waals surface area (Å²) in [5.41, 5.74) is -0.107. The normalized spacial score (nSPS) is 23.6. The lowest BCUT2D eigenvalue weighted by Crippen LogP contribution is -2.55. The van der Waals surface area contributed by atoms with Gasteiger partial charge in [-0.3, -0.25) is 0 Å². The number of methoxy groups -OCH3 is 3. The average molecular weight is 495 g/mol. The van der Waals surface area contributed by atoms with Crippen molar-refractivity contribution in [3.63, 3.8) is 0 Å². The molecule has 1 saturated heterocycles. The van der Waals surface area contributed by atoms with Crippen molar-refractivity contribution < 1.29 is 38.1 Å². The molecule has 3 aliphatic heterocycles. The molecule has 36 heavy (non-hydrogen) atoms. The van der Waals surface area contributed by atoms with Crippen LogP contribution in [0.1, 0.15) is 18.4 Å². The fourth-order valence-corrected chi connectivity index (χ4v) is 5.35. The quantitative estimate of drug-likeness (QED) is 0.256. The maximum atomic E-state index is 13.3. The summed E-state index contributed by atoms with van der Waals surface area (Å²) in [4.78, 5) is 59.6. The van der Waals surface area contributed by atoms with Gasteiger partial charge in [-0.05, 0) is 18.1 Å². The number of benzene rings is 1. The number of amides is 1. The Balaban J connectivity index is 2.03. The first kappa shape index (κ1) is 24.8. The fraction of sp³-hybridized carbons (Fsp3) is 0.400. The van der Waals surface area contributed by atoms with Crippen molar-refractivity contribution in [3.05, 3.63) is 41.1 Å². The van der Waals surface area contributed by atoms with Crippen molar-refractivity contribution >= 4 is 35.5 Å². The van der Waals surface area contributed by atoms with Gasteiger partial charge in [0.25, 0.3) is 0 Å². The maximum Gasteiger partial charge on any atom is 0.416 e. The van der Waals surface area contributed by atoms with Crippen molar-refractivity contribution in [3.8, 4) is 12.3 Å². The standard InChI is InChI=1S/C25H25N3O8/c1-6-7-12-36-24(32)28-16(20(29)33-3)13-25-14-10-8-9-11-15(14)27(2)19(25)17(21(30)34-4)18(22(31)35-5)26-23(25)28/h1,8-11,16,19H,7,12-13H2,2-5H3/t16?,19?,25-/m0/s1. The van der Waals surface area contributed by atoms with E-state index in [2.05, 4.69) is 10.9 Å². The molecule has 0 radical (unpaired) electrons. The summed E-state index contributed by atoms with van der Waals surface area (Å²) in [6.45, 7) is -0.0902. The van der Waals surface area contributed by atoms with E-state index in [1.165, 1.54) is 14.2 Å². The first-order valence-corrected chi connectivity index (χ1v) is 11.1. The van der Waals surface area contributed by atoms with E-state index in [0.717, 1.165) is 23.3 Å². The number of anilines is 1. The van der Waals surface area contributed by atoms with Crippen molar-refractivity contribution in [2.75, 3.05) is 39.9 Å². The molecule has 0 bridgehead atoms. The van der Waals surface area contributed by atoms with E-state index in [1.807, 2.05) is 18.2 Å². The highest BCUT2D eigenvalue weighted by Gasteiger charge is 2.67. The van der Waals surface area contributed by atoms with E-state index in [4.69, 9.17) is 25.4 Å². The number of rotatable bonds is 5. The second-order valence-corrected chi connectivity index (χ2v) is 8.36. The third kappa shape index (κ3) is 3.40. The number of esters is 3. The second kappa shape index (κ2) is 9.37. The molecule has 0 aromatic heterocycles. The van der Waals surface area contributed by atoms with Gasteiger partial charge in [-0.25, -0.2) is 29.1 Å². The summed E-state index contributed by atoms with van der Waals surface area (Å²) in [5, 5.41) is 0. The van der Waals surface area contributed by atoms with Gasteiger partial charge in [-0.2, -0.15) is 0 Å². The molecule has 188 valence electrons. The van der Waals surface area contributed by atoms with Crippen LogP contribution in [0.15, 0.2) is 40.5 Å². The predicted molar refractivity (Wildman–Crippen MR) is 126 cm³/mol. The van der Waals surface area contributed by atoms with E-state index in [9.17, 15) is 19.2 Å². The van der Waals surface area contributed by atoms with Crippen LogP contribution in [-0.4, -0.2) is 81.8 Å². The largest absolute Gasteiger partial charge is 0.467 e. The molecule has 11 nitrogen and oxygen atoms in total. The van der Waals surface area contributed by atoms with Gasteiger partial charge in [0.2, 0.25) is 0 Å². The number of likely N-dealkylation sites (N-methyl/N-ethyl adjacent to an activating group) is 1. The number of carbonyl (C=O) groups is 4. The molecule has 1 spiro atoms. The van der Waals surface area contributed by atoms with Crippen LogP contribution in [0.2, 0.25) is 0 Å². The Labute approximate surface area is 207 Å². The summed E-state index contributed by atoms with van der Waals surface area (Å²) in [6, 6.07) is 5.31. The topological polar surface area (TPSA) is 124 Å². The van der Waals surface area contributed by atoms with Crippen LogP contribution in [0.4, 0.5) is 10.5 Å². The zero-order valence-corrected chi connectivity index (χ0v) is 20.3. The first-order valence-electron chi connectivity index (χ1n) is 11.1. The molecule has 1 aromatic carbocycles. The fourth-order valence-electron chi connectivity index (χ4n) is 5.35. The van der Waals surface area contributed by atoms with E-state index >= 15 is 0 Å². The van der Waals surface area contributed by atoms with Crippen molar-refractivity contribution in [2.45, 2.75) is 30.3 Å². The number of amidine groups is 1. The lowest BCUT2D eigenvalue weighted by Gasteiger charge is -2.39. The summed E-state index contributed by atoms with van der Waals surface area (Å²) >= 11 is 0. The molecule has 1 fully saturated rings. The van der Waals surface area contributed by atoms with Gasteiger partial charge in [0, 0.05) is 19.2 Å². The summed E-state index contributed by atoms with van der Waals surface area (Å²) in [5.74, 6) is 0.0544. The summed E-state index contributed by atoms with van der Waals surface area (Å²) in [6.07, 6.45) is 4.57. The number of aliphatic imine (C=N–C) groups is 1. The second-order valence-electron chi connectivity index (χ2n) is 8.36. The number of hydrogen-bond donors (Lipinski definition) is 0. The van der Waals surface area contributed by atoms with Gasteiger partial charge in [0.15, 0.2) is 5.70 Å². The number of likely N-dealkylation sites (tertiary alicyclic amines) is 1. The molecule has 2 unspecified atom stereocenters. The van der Waals surface area contributed by atoms with Crippen molar-refractivity contribution in [1.82, 2.24) is 4.90 Å². The molecule has 0 N–H and O–H groups in total. The molecule has 0 saturated carbocycles. The Bertz CT molecular complexity index is 1250. The molecule has 3 atom stereocenters. The van der Waals surface area contributed by atoms with Crippen LogP contribution in [0.5, 0.6) is 0 Å². The van der Waals surface area contributed by atoms with Crippen LogP contribution in [0, 0.1) is 12.3 Å². The van der Waals surface area contributed by atoms with Gasteiger partial charge in [-0.1, -0.05) is 18.2 Å². The van der Waals surface area contributed by atoms with Crippen LogP contribution in [-0.2, 0) is 38.7 Å². The predicted octanol–water partition coefficient (Wildman–Crippen LogP) is 1.16. The Hall–Kier alpha value is -4.33. The number of terminal acetylenes is 1. The van der Waals surface area contributed by atoms with Crippen molar-refractivity contribution in [2.24, 2.45) is 4.99 Å². The molecule has 3 aliphatic rings. The van der Waals surface area contributed by atoms with Crippen LogP contribution >= 0.6 is 0 Å². The third-order valence-corrected chi connectivity index (χ3v) is 6.75. The van der Waals surface area contributed by atoms with E-state index < -0.39 is 41.5 Å². The highest BCUT2D eigenvalue weighted by atomic mass is 16.6. The Morgan fingerprint density at radius 2 is 1.81 bits per heavy atom. The Morgan fingerprint density at radius 3 is 2.44 bits per heavy atom. The minimum Gasteiger partial charge on any atom is -0.467 e. The number of carbonyl (C=O) groups excluding carboxylic acids is 4. The molecule has 3 heterocycles. The van der Waals surface area contributed by atoms with E-state index in [0.29, 0.717) is 0 Å². The van der Waals surface area contributed by atoms with Crippen LogP contribution in [0.3, 0.4) is 0 Å². The SMILES string of the molecule is C#CCCOC(=O)N1C2=NC(C(=O)OC)=C(C(=O)OC)C3N(C)c4ccccc4[C@]23CC1C(=O)OC. The van der Waals surface area contributed by atoms with Gasteiger partial charge in [0.05, 0.1) is 38.4 Å². The number of para-hydroxylation sites is 1. The summed E-state index contributed by atoms with van der Waals surface area (Å²) < 4.78 is 20.3. The highest BCUT2D eigenvalue weighted by molar-refractivity contribution is 6.16. The van der Waals surface area contributed by atoms with Gasteiger partial charge in [0.1, 0.15) is 18.5 Å². The molecular formula is C25H25N3O8. The van der Waals surface area contributed by atoms with Gasteiger partial charge in [-0.15, -0.1) is 12.3 Å². The van der Waals surface area contributed by atoms with Gasteiger partial charge >= 0.3 is 24.0 Å². The monoisotopic (exact) mass is 495 g/mol. The Morgan fingerprint density at radius 1 is 1.11 bits per heavy atom. The number of fused-ring (bicyclic) bond motifs is 1. The van der Waals surface area contributed by atoms with Crippen LogP contribution in [0.25, 0.3) is 0 Å². The molecule has 11 heteroatoms. The molecule has 1 aromatic rings. The molecule has 1 amide bonds. The zero-order valence-electron chi connectivity index (χ0n) is 20.3. The number of nitrogens with zero attached hydrogens (tertiary/aromatic N) is 3. The van der Waals surface area contributed by atoms with Gasteiger partial charge < -0.3 is 23.8 Å².